The minimum atomic E-state index is -0.554. The number of aryl methyl sites for hydroxylation is 1. The van der Waals surface area contributed by atoms with Crippen LogP contribution in [0.2, 0.25) is 0 Å². The van der Waals surface area contributed by atoms with Crippen LogP contribution in [0.1, 0.15) is 41.9 Å². The van der Waals surface area contributed by atoms with Gasteiger partial charge in [0.25, 0.3) is 5.69 Å². The summed E-state index contributed by atoms with van der Waals surface area (Å²) in [6.07, 6.45) is 2.37. The minimum Gasteiger partial charge on any atom is -0.496 e. The minimum absolute atomic E-state index is 0.0517. The monoisotopic (exact) mass is 450 g/mol. The van der Waals surface area contributed by atoms with Gasteiger partial charge in [-0.15, -0.1) is 11.3 Å². The van der Waals surface area contributed by atoms with Gasteiger partial charge in [0.15, 0.2) is 5.78 Å². The van der Waals surface area contributed by atoms with Crippen LogP contribution in [-0.2, 0) is 11.2 Å². The summed E-state index contributed by atoms with van der Waals surface area (Å²) in [4.78, 5) is 28.0. The Morgan fingerprint density at radius 2 is 2.12 bits per heavy atom. The first-order chi connectivity index (χ1) is 15.4. The molecular formula is C23H22N4O4S. The van der Waals surface area contributed by atoms with Gasteiger partial charge in [-0.25, -0.2) is 0 Å². The van der Waals surface area contributed by atoms with E-state index in [1.807, 2.05) is 19.1 Å². The van der Waals surface area contributed by atoms with Crippen molar-refractivity contribution in [1.29, 1.82) is 5.26 Å². The number of rotatable bonds is 5. The lowest BCUT2D eigenvalue weighted by Gasteiger charge is -2.39. The molecule has 164 valence electrons. The van der Waals surface area contributed by atoms with E-state index in [1.165, 1.54) is 18.1 Å². The Hall–Kier alpha value is -3.64. The van der Waals surface area contributed by atoms with Crippen molar-refractivity contribution in [2.75, 3.05) is 12.0 Å². The maximum absolute atomic E-state index is 13.1. The number of nitro benzene ring substituents is 1. The molecule has 0 amide bonds. The molecule has 8 nitrogen and oxygen atoms in total. The van der Waals surface area contributed by atoms with E-state index in [9.17, 15) is 20.2 Å². The summed E-state index contributed by atoms with van der Waals surface area (Å²) in [7, 11) is 1.43. The van der Waals surface area contributed by atoms with Crippen LogP contribution in [-0.4, -0.2) is 17.8 Å². The highest BCUT2D eigenvalue weighted by atomic mass is 32.1. The molecule has 1 aromatic carbocycles. The number of Topliss-reactive ketones (excluding diaryl/α,β-unsaturated/α-hetero) is 1. The van der Waals surface area contributed by atoms with Gasteiger partial charge >= 0.3 is 0 Å². The van der Waals surface area contributed by atoms with Gasteiger partial charge in [-0.3, -0.25) is 19.8 Å². The Morgan fingerprint density at radius 1 is 1.34 bits per heavy atom. The lowest BCUT2D eigenvalue weighted by Crippen LogP contribution is -2.38. The first-order valence-corrected chi connectivity index (χ1v) is 11.1. The third kappa shape index (κ3) is 3.42. The molecule has 4 rings (SSSR count). The third-order valence-corrected chi connectivity index (χ3v) is 7.14. The van der Waals surface area contributed by atoms with Crippen molar-refractivity contribution in [3.63, 3.8) is 0 Å². The molecule has 2 heterocycles. The van der Waals surface area contributed by atoms with Gasteiger partial charge in [0, 0.05) is 27.4 Å². The van der Waals surface area contributed by atoms with Gasteiger partial charge < -0.3 is 10.5 Å². The zero-order chi connectivity index (χ0) is 23.0. The molecule has 2 aromatic rings. The Bertz CT molecular complexity index is 1220. The standard InChI is InChI=1S/C23H22N4O4S/c1-3-14-8-10-20(32-14)21-15(12-24)23(25)26(17-5-4-6-19(28)22(17)21)16-9-7-13(31-2)11-18(16)27(29)30/h7-11,21H,3-6,25H2,1-2H3/t21-/m1/s1. The number of hydrogen-bond donors (Lipinski definition) is 1. The van der Waals surface area contributed by atoms with Crippen molar-refractivity contribution in [3.8, 4) is 11.8 Å². The number of allylic oxidation sites excluding steroid dienone is 3. The molecule has 0 saturated heterocycles. The van der Waals surface area contributed by atoms with E-state index in [2.05, 4.69) is 6.07 Å². The highest BCUT2D eigenvalue weighted by molar-refractivity contribution is 7.12. The summed E-state index contributed by atoms with van der Waals surface area (Å²) in [5.41, 5.74) is 7.88. The Balaban J connectivity index is 1.98. The van der Waals surface area contributed by atoms with E-state index >= 15 is 0 Å². The average Bonchev–Trinajstić information content (AvgIpc) is 3.27. The van der Waals surface area contributed by atoms with E-state index in [4.69, 9.17) is 10.5 Å². The smallest absolute Gasteiger partial charge is 0.296 e. The number of ether oxygens (including phenoxy) is 1. The molecule has 1 aliphatic carbocycles. The quantitative estimate of drug-likeness (QED) is 0.524. The number of benzene rings is 1. The number of ketones is 1. The first-order valence-electron chi connectivity index (χ1n) is 10.3. The fourth-order valence-electron chi connectivity index (χ4n) is 4.35. The molecule has 0 radical (unpaired) electrons. The second-order valence-electron chi connectivity index (χ2n) is 7.59. The predicted molar refractivity (Wildman–Crippen MR) is 121 cm³/mol. The SMILES string of the molecule is CCc1ccc([C@H]2C(C#N)=C(N)N(c3ccc(OC)cc3[N+](=O)[O-])C3=C2C(=O)CCC3)s1. The second-order valence-corrected chi connectivity index (χ2v) is 8.79. The average molecular weight is 451 g/mol. The van der Waals surface area contributed by atoms with Gasteiger partial charge in [-0.05, 0) is 43.5 Å². The molecule has 32 heavy (non-hydrogen) atoms. The Labute approximate surface area is 189 Å². The van der Waals surface area contributed by atoms with Crippen LogP contribution in [0, 0.1) is 21.4 Å². The molecule has 2 aliphatic rings. The summed E-state index contributed by atoms with van der Waals surface area (Å²) in [6.45, 7) is 2.05. The number of thiophene rings is 1. The summed E-state index contributed by atoms with van der Waals surface area (Å²) in [5, 5.41) is 21.9. The van der Waals surface area contributed by atoms with Crippen LogP contribution in [0.3, 0.4) is 0 Å². The van der Waals surface area contributed by atoms with E-state index in [0.717, 1.165) is 16.2 Å². The zero-order valence-electron chi connectivity index (χ0n) is 17.8. The van der Waals surface area contributed by atoms with Gasteiger partial charge in [0.2, 0.25) is 0 Å². The van der Waals surface area contributed by atoms with Crippen molar-refractivity contribution < 1.29 is 14.5 Å². The maximum atomic E-state index is 13.1. The number of carbonyl (C=O) groups is 1. The van der Waals surface area contributed by atoms with Crippen LogP contribution in [0.5, 0.6) is 5.75 Å². The molecule has 0 fully saturated rings. The molecule has 2 N–H and O–H groups in total. The summed E-state index contributed by atoms with van der Waals surface area (Å²) in [6, 6.07) is 10.6. The van der Waals surface area contributed by atoms with Crippen LogP contribution >= 0.6 is 11.3 Å². The number of nitrogens with zero attached hydrogens (tertiary/aromatic N) is 3. The second kappa shape index (κ2) is 8.48. The Morgan fingerprint density at radius 3 is 2.75 bits per heavy atom. The Kier molecular flexibility index (Phi) is 5.72. The van der Waals surface area contributed by atoms with Gasteiger partial charge in [-0.1, -0.05) is 6.92 Å². The number of anilines is 1. The largest absolute Gasteiger partial charge is 0.496 e. The lowest BCUT2D eigenvalue weighted by molar-refractivity contribution is -0.384. The van der Waals surface area contributed by atoms with Crippen molar-refractivity contribution in [1.82, 2.24) is 0 Å². The normalized spacial score (nSPS) is 18.5. The summed E-state index contributed by atoms with van der Waals surface area (Å²) in [5.74, 6) is -0.158. The number of nitrogens with two attached hydrogens (primary N) is 1. The number of nitro groups is 1. The van der Waals surface area contributed by atoms with Crippen LogP contribution in [0.15, 0.2) is 53.0 Å². The van der Waals surface area contributed by atoms with E-state index in [1.54, 1.807) is 23.5 Å². The van der Waals surface area contributed by atoms with Crippen molar-refractivity contribution in [2.24, 2.45) is 5.73 Å². The molecule has 1 aliphatic heterocycles. The zero-order valence-corrected chi connectivity index (χ0v) is 18.6. The van der Waals surface area contributed by atoms with Crippen LogP contribution in [0.4, 0.5) is 11.4 Å². The number of nitriles is 1. The van der Waals surface area contributed by atoms with Crippen molar-refractivity contribution >= 4 is 28.5 Å². The fourth-order valence-corrected chi connectivity index (χ4v) is 5.42. The molecule has 0 spiro atoms. The summed E-state index contributed by atoms with van der Waals surface area (Å²) >= 11 is 1.56. The fraction of sp³-hybridized carbons (Fsp3) is 0.304. The third-order valence-electron chi connectivity index (χ3n) is 5.85. The predicted octanol–water partition coefficient (Wildman–Crippen LogP) is 4.53. The van der Waals surface area contributed by atoms with E-state index in [0.29, 0.717) is 36.3 Å². The molecule has 0 bridgehead atoms. The van der Waals surface area contributed by atoms with Crippen molar-refractivity contribution in [2.45, 2.75) is 38.5 Å². The molecule has 1 aromatic heterocycles. The number of carbonyl (C=O) groups excluding carboxylic acids is 1. The molecule has 1 atom stereocenters. The maximum Gasteiger partial charge on any atom is 0.296 e. The molecule has 9 heteroatoms. The van der Waals surface area contributed by atoms with Gasteiger partial charge in [-0.2, -0.15) is 5.26 Å². The molecule has 0 unspecified atom stereocenters. The van der Waals surface area contributed by atoms with Gasteiger partial charge in [0.1, 0.15) is 17.3 Å². The number of methoxy groups -OCH3 is 1. The topological polar surface area (TPSA) is 122 Å². The summed E-state index contributed by atoms with van der Waals surface area (Å²) < 4.78 is 5.14. The lowest BCUT2D eigenvalue weighted by atomic mass is 9.78. The van der Waals surface area contributed by atoms with Gasteiger partial charge in [0.05, 0.1) is 35.7 Å². The first kappa shape index (κ1) is 21.6. The van der Waals surface area contributed by atoms with Crippen LogP contribution in [0.25, 0.3) is 0 Å². The molecular weight excluding hydrogens is 428 g/mol. The highest BCUT2D eigenvalue weighted by Crippen LogP contribution is 2.49. The number of hydrogen-bond acceptors (Lipinski definition) is 8. The van der Waals surface area contributed by atoms with E-state index < -0.39 is 10.8 Å². The highest BCUT2D eigenvalue weighted by Gasteiger charge is 2.42. The van der Waals surface area contributed by atoms with Crippen LogP contribution < -0.4 is 15.4 Å². The van der Waals surface area contributed by atoms with E-state index in [-0.39, 0.29) is 28.6 Å². The molecule has 0 saturated carbocycles. The van der Waals surface area contributed by atoms with Crippen molar-refractivity contribution in [3.05, 3.63) is 72.9 Å².